The van der Waals surface area contributed by atoms with Crippen LogP contribution in [0.15, 0.2) is 17.1 Å². The summed E-state index contributed by atoms with van der Waals surface area (Å²) in [6.07, 6.45) is 2.41. The van der Waals surface area contributed by atoms with Crippen LogP contribution in [-0.2, 0) is 21.3 Å². The van der Waals surface area contributed by atoms with Gasteiger partial charge in [0, 0.05) is 39.9 Å². The second kappa shape index (κ2) is 7.90. The van der Waals surface area contributed by atoms with Crippen molar-refractivity contribution in [3.8, 4) is 0 Å². The zero-order valence-electron chi connectivity index (χ0n) is 12.9. The molecule has 8 nitrogen and oxygen atoms in total. The normalized spacial score (nSPS) is 18.3. The fourth-order valence-electron chi connectivity index (χ4n) is 2.32. The number of aryl methyl sites for hydroxylation is 1. The lowest BCUT2D eigenvalue weighted by Crippen LogP contribution is -2.44. The minimum Gasteiger partial charge on any atom is -0.375 e. The van der Waals surface area contributed by atoms with Crippen LogP contribution in [0.3, 0.4) is 0 Å². The molecule has 0 radical (unpaired) electrons. The first-order valence-corrected chi connectivity index (χ1v) is 7.25. The van der Waals surface area contributed by atoms with Gasteiger partial charge in [0.25, 0.3) is 5.56 Å². The van der Waals surface area contributed by atoms with Crippen LogP contribution in [-0.4, -0.2) is 61.7 Å². The highest BCUT2D eigenvalue weighted by Crippen LogP contribution is 2.16. The van der Waals surface area contributed by atoms with Gasteiger partial charge in [-0.05, 0) is 6.42 Å². The van der Waals surface area contributed by atoms with Crippen molar-refractivity contribution in [1.82, 2.24) is 15.1 Å². The third-order valence-electron chi connectivity index (χ3n) is 3.52. The number of aromatic nitrogens is 2. The second-order valence-electron chi connectivity index (χ2n) is 5.19. The van der Waals surface area contributed by atoms with Crippen molar-refractivity contribution in [1.29, 1.82) is 0 Å². The van der Waals surface area contributed by atoms with Crippen molar-refractivity contribution in [2.75, 3.05) is 44.9 Å². The third-order valence-corrected chi connectivity index (χ3v) is 3.52. The maximum atomic E-state index is 11.7. The predicted octanol–water partition coefficient (Wildman–Crippen LogP) is -0.862. The zero-order valence-corrected chi connectivity index (χ0v) is 12.9. The third kappa shape index (κ3) is 4.54. The number of nitrogens with one attached hydrogen (secondary N) is 1. The van der Waals surface area contributed by atoms with Gasteiger partial charge in [0.1, 0.15) is 6.61 Å². The summed E-state index contributed by atoms with van der Waals surface area (Å²) >= 11 is 0. The van der Waals surface area contributed by atoms with Crippen molar-refractivity contribution in [2.45, 2.75) is 12.5 Å². The highest BCUT2D eigenvalue weighted by molar-refractivity contribution is 5.77. The van der Waals surface area contributed by atoms with E-state index >= 15 is 0 Å². The molecule has 122 valence electrons. The Kier molecular flexibility index (Phi) is 5.91. The molecule has 1 saturated heterocycles. The van der Waals surface area contributed by atoms with Crippen molar-refractivity contribution >= 4 is 11.6 Å². The first kappa shape index (κ1) is 16.4. The molecule has 1 amide bonds. The van der Waals surface area contributed by atoms with Crippen LogP contribution in [0.4, 0.5) is 5.69 Å². The fourth-order valence-corrected chi connectivity index (χ4v) is 2.32. The smallest absolute Gasteiger partial charge is 0.268 e. The Balaban J connectivity index is 1.85. The summed E-state index contributed by atoms with van der Waals surface area (Å²) in [6.45, 7) is 2.59. The van der Waals surface area contributed by atoms with Gasteiger partial charge in [0.05, 0.1) is 24.6 Å². The number of carbonyl (C=O) groups is 1. The summed E-state index contributed by atoms with van der Waals surface area (Å²) in [6, 6.07) is 1.58. The standard InChI is InChI=1S/C14H22N4O4/c1-17-14(20)7-11(8-16-17)18-5-6-22-12(9-18)3-4-15-13(19)10-21-2/h7-8,12H,3-6,9-10H2,1-2H3,(H,15,19)/t12-/m0/s1. The van der Waals surface area contributed by atoms with E-state index in [0.29, 0.717) is 26.1 Å². The van der Waals surface area contributed by atoms with E-state index in [2.05, 4.69) is 15.3 Å². The molecule has 0 bridgehead atoms. The van der Waals surface area contributed by atoms with E-state index in [4.69, 9.17) is 9.47 Å². The predicted molar refractivity (Wildman–Crippen MR) is 80.9 cm³/mol. The molecule has 1 fully saturated rings. The highest BCUT2D eigenvalue weighted by atomic mass is 16.5. The molecule has 2 heterocycles. The number of hydrogen-bond donors (Lipinski definition) is 1. The van der Waals surface area contributed by atoms with Gasteiger partial charge in [-0.15, -0.1) is 0 Å². The van der Waals surface area contributed by atoms with Gasteiger partial charge in [-0.2, -0.15) is 5.10 Å². The first-order valence-electron chi connectivity index (χ1n) is 7.25. The summed E-state index contributed by atoms with van der Waals surface area (Å²) < 4.78 is 11.7. The van der Waals surface area contributed by atoms with Gasteiger partial charge < -0.3 is 19.7 Å². The number of anilines is 1. The highest BCUT2D eigenvalue weighted by Gasteiger charge is 2.21. The summed E-state index contributed by atoms with van der Waals surface area (Å²) in [4.78, 5) is 25.0. The molecule has 0 aliphatic carbocycles. The van der Waals surface area contributed by atoms with E-state index in [1.54, 1.807) is 19.3 Å². The molecular weight excluding hydrogens is 288 g/mol. The Bertz CT molecular complexity index is 560. The first-order chi connectivity index (χ1) is 10.6. The number of ether oxygens (including phenoxy) is 2. The molecule has 1 aromatic rings. The Hall–Kier alpha value is -1.93. The van der Waals surface area contributed by atoms with Gasteiger partial charge in [0.15, 0.2) is 0 Å². The maximum Gasteiger partial charge on any atom is 0.268 e. The molecule has 22 heavy (non-hydrogen) atoms. The molecule has 0 saturated carbocycles. The zero-order chi connectivity index (χ0) is 15.9. The molecule has 1 N–H and O–H groups in total. The van der Waals surface area contributed by atoms with Crippen LogP contribution >= 0.6 is 0 Å². The summed E-state index contributed by atoms with van der Waals surface area (Å²) in [5, 5.41) is 6.81. The molecule has 2 rings (SSSR count). The summed E-state index contributed by atoms with van der Waals surface area (Å²) in [5.74, 6) is -0.133. The quantitative estimate of drug-likeness (QED) is 0.736. The molecule has 0 unspecified atom stereocenters. The number of nitrogens with zero attached hydrogens (tertiary/aromatic N) is 3. The largest absolute Gasteiger partial charge is 0.375 e. The van der Waals surface area contributed by atoms with Crippen LogP contribution in [0, 0.1) is 0 Å². The minimum absolute atomic E-state index is 0.0145. The second-order valence-corrected chi connectivity index (χ2v) is 5.19. The van der Waals surface area contributed by atoms with Crippen LogP contribution in [0.25, 0.3) is 0 Å². The van der Waals surface area contributed by atoms with Crippen LogP contribution in [0.5, 0.6) is 0 Å². The van der Waals surface area contributed by atoms with Gasteiger partial charge in [0.2, 0.25) is 5.91 Å². The fraction of sp³-hybridized carbons (Fsp3) is 0.643. The minimum atomic E-state index is -0.133. The van der Waals surface area contributed by atoms with E-state index in [1.807, 2.05) is 0 Å². The van der Waals surface area contributed by atoms with Crippen LogP contribution in [0.2, 0.25) is 0 Å². The molecule has 1 aromatic heterocycles. The Morgan fingerprint density at radius 3 is 3.14 bits per heavy atom. The van der Waals surface area contributed by atoms with Crippen molar-refractivity contribution in [3.63, 3.8) is 0 Å². The van der Waals surface area contributed by atoms with Crippen molar-refractivity contribution in [3.05, 3.63) is 22.6 Å². The molecule has 1 aliphatic rings. The Labute approximate surface area is 129 Å². The number of morpholine rings is 1. The average molecular weight is 310 g/mol. The molecule has 0 spiro atoms. The molecule has 0 aromatic carbocycles. The van der Waals surface area contributed by atoms with E-state index in [1.165, 1.54) is 11.8 Å². The number of carbonyl (C=O) groups excluding carboxylic acids is 1. The van der Waals surface area contributed by atoms with Gasteiger partial charge in [-0.3, -0.25) is 9.59 Å². The van der Waals surface area contributed by atoms with E-state index in [0.717, 1.165) is 12.2 Å². The maximum absolute atomic E-state index is 11.7. The average Bonchev–Trinajstić information content (AvgIpc) is 2.51. The number of amides is 1. The molecule has 1 atom stereocenters. The lowest BCUT2D eigenvalue weighted by molar-refractivity contribution is -0.124. The molecular formula is C14H22N4O4. The van der Waals surface area contributed by atoms with E-state index in [9.17, 15) is 9.59 Å². The number of rotatable bonds is 6. The summed E-state index contributed by atoms with van der Waals surface area (Å²) in [7, 11) is 3.11. The lowest BCUT2D eigenvalue weighted by atomic mass is 10.2. The van der Waals surface area contributed by atoms with Gasteiger partial charge >= 0.3 is 0 Å². The number of methoxy groups -OCH3 is 1. The van der Waals surface area contributed by atoms with E-state index < -0.39 is 0 Å². The lowest BCUT2D eigenvalue weighted by Gasteiger charge is -2.34. The summed E-state index contributed by atoms with van der Waals surface area (Å²) in [5.41, 5.74) is 0.673. The van der Waals surface area contributed by atoms with Crippen LogP contribution in [0.1, 0.15) is 6.42 Å². The Morgan fingerprint density at radius 1 is 1.59 bits per heavy atom. The monoisotopic (exact) mass is 310 g/mol. The van der Waals surface area contributed by atoms with Crippen molar-refractivity contribution < 1.29 is 14.3 Å². The van der Waals surface area contributed by atoms with Crippen LogP contribution < -0.4 is 15.8 Å². The van der Waals surface area contributed by atoms with Gasteiger partial charge in [-0.1, -0.05) is 0 Å². The Morgan fingerprint density at radius 2 is 2.41 bits per heavy atom. The number of hydrogen-bond acceptors (Lipinski definition) is 6. The SMILES string of the molecule is COCC(=O)NCC[C@H]1CN(c2cnn(C)c(=O)c2)CCO1. The molecule has 1 aliphatic heterocycles. The van der Waals surface area contributed by atoms with Crippen molar-refractivity contribution in [2.24, 2.45) is 7.05 Å². The van der Waals surface area contributed by atoms with E-state index in [-0.39, 0.29) is 24.2 Å². The van der Waals surface area contributed by atoms with Gasteiger partial charge in [-0.25, -0.2) is 4.68 Å². The topological polar surface area (TPSA) is 85.7 Å². The molecule has 8 heteroatoms.